The third-order valence-electron chi connectivity index (χ3n) is 3.04. The van der Waals surface area contributed by atoms with Crippen LogP contribution in [0.15, 0.2) is 47.5 Å². The molecule has 0 saturated carbocycles. The van der Waals surface area contributed by atoms with Crippen LogP contribution < -0.4 is 5.32 Å². The zero-order valence-electron chi connectivity index (χ0n) is 13.4. The number of amides is 1. The van der Waals surface area contributed by atoms with E-state index in [2.05, 4.69) is 10.3 Å². The van der Waals surface area contributed by atoms with E-state index >= 15 is 0 Å². The Balaban J connectivity index is 1.77. The van der Waals surface area contributed by atoms with Crippen LogP contribution in [0.3, 0.4) is 0 Å². The molecule has 1 N–H and O–H groups in total. The molecule has 25 heavy (non-hydrogen) atoms. The second-order valence-electron chi connectivity index (χ2n) is 5.02. The molecule has 0 fully saturated rings. The molecule has 1 aromatic heterocycles. The number of esters is 1. The Labute approximate surface area is 160 Å². The van der Waals surface area contributed by atoms with Crippen LogP contribution in [-0.2, 0) is 14.3 Å². The van der Waals surface area contributed by atoms with Crippen molar-refractivity contribution in [2.45, 2.75) is 24.3 Å². The van der Waals surface area contributed by atoms with Gasteiger partial charge in [0.2, 0.25) is 0 Å². The number of aromatic nitrogens is 1. The fourth-order valence-corrected chi connectivity index (χ4v) is 3.08. The van der Waals surface area contributed by atoms with E-state index in [4.69, 9.17) is 27.9 Å². The van der Waals surface area contributed by atoms with Gasteiger partial charge in [0, 0.05) is 16.8 Å². The highest BCUT2D eigenvalue weighted by Crippen LogP contribution is 2.23. The number of hydrogen-bond donors (Lipinski definition) is 1. The van der Waals surface area contributed by atoms with E-state index in [0.717, 1.165) is 4.90 Å². The van der Waals surface area contributed by atoms with Crippen molar-refractivity contribution in [3.63, 3.8) is 0 Å². The maximum absolute atomic E-state index is 12.1. The lowest BCUT2D eigenvalue weighted by Crippen LogP contribution is -2.30. The summed E-state index contributed by atoms with van der Waals surface area (Å²) in [6.45, 7) is 1.49. The summed E-state index contributed by atoms with van der Waals surface area (Å²) in [5, 5.41) is 3.07. The molecule has 0 radical (unpaired) electrons. The van der Waals surface area contributed by atoms with E-state index in [1.165, 1.54) is 19.2 Å². The zero-order chi connectivity index (χ0) is 18.2. The van der Waals surface area contributed by atoms with Crippen molar-refractivity contribution in [1.82, 2.24) is 4.98 Å². The second kappa shape index (κ2) is 9.65. The van der Waals surface area contributed by atoms with Crippen LogP contribution in [-0.4, -0.2) is 28.7 Å². The van der Waals surface area contributed by atoms with Gasteiger partial charge < -0.3 is 10.1 Å². The normalized spacial score (nSPS) is 11.6. The third kappa shape index (κ3) is 6.57. The number of benzene rings is 1. The number of pyridine rings is 1. The van der Waals surface area contributed by atoms with E-state index < -0.39 is 18.0 Å². The molecule has 0 aliphatic heterocycles. The van der Waals surface area contributed by atoms with E-state index in [9.17, 15) is 9.59 Å². The molecule has 0 unspecified atom stereocenters. The van der Waals surface area contributed by atoms with Crippen molar-refractivity contribution in [3.8, 4) is 0 Å². The average molecular weight is 399 g/mol. The lowest BCUT2D eigenvalue weighted by atomic mass is 10.3. The van der Waals surface area contributed by atoms with Crippen molar-refractivity contribution in [1.29, 1.82) is 0 Å². The topological polar surface area (TPSA) is 68.3 Å². The number of hydrogen-bond acceptors (Lipinski definition) is 5. The molecule has 0 saturated heterocycles. The Hall–Kier alpha value is -1.76. The molecule has 5 nitrogen and oxygen atoms in total. The Kier molecular flexibility index (Phi) is 7.55. The van der Waals surface area contributed by atoms with Gasteiger partial charge in [-0.05, 0) is 25.1 Å². The fourth-order valence-electron chi connectivity index (χ4n) is 1.80. The van der Waals surface area contributed by atoms with Crippen LogP contribution in [0.2, 0.25) is 10.0 Å². The van der Waals surface area contributed by atoms with Gasteiger partial charge in [-0.2, -0.15) is 0 Å². The van der Waals surface area contributed by atoms with Gasteiger partial charge in [-0.25, -0.2) is 4.98 Å². The quantitative estimate of drug-likeness (QED) is 0.551. The van der Waals surface area contributed by atoms with Gasteiger partial charge in [0.1, 0.15) is 0 Å². The van der Waals surface area contributed by atoms with Crippen LogP contribution in [0.5, 0.6) is 0 Å². The minimum absolute atomic E-state index is 0.165. The standard InChI is InChI=1S/C17H16Cl2N2O3S/c1-11(17(23)21-16-14(19)9-12(18)10-20-16)24-15(22)7-8-25-13-5-3-2-4-6-13/h2-6,9-11H,7-8H2,1H3,(H,20,21,23)/t11-/m0/s1. The molecule has 2 rings (SSSR count). The number of nitrogens with zero attached hydrogens (tertiary/aromatic N) is 1. The molecular weight excluding hydrogens is 383 g/mol. The molecule has 1 atom stereocenters. The van der Waals surface area contributed by atoms with Crippen molar-refractivity contribution in [3.05, 3.63) is 52.6 Å². The molecule has 1 heterocycles. The number of halogens is 2. The van der Waals surface area contributed by atoms with Gasteiger partial charge in [0.15, 0.2) is 11.9 Å². The Morgan fingerprint density at radius 2 is 2.00 bits per heavy atom. The predicted octanol–water partition coefficient (Wildman–Crippen LogP) is 4.44. The zero-order valence-corrected chi connectivity index (χ0v) is 15.7. The first-order valence-electron chi connectivity index (χ1n) is 7.45. The van der Waals surface area contributed by atoms with Crippen molar-refractivity contribution < 1.29 is 14.3 Å². The number of carbonyl (C=O) groups is 2. The fraction of sp³-hybridized carbons (Fsp3) is 0.235. The molecular formula is C17H16Cl2N2O3S. The van der Waals surface area contributed by atoms with Gasteiger partial charge in [0.25, 0.3) is 5.91 Å². The minimum Gasteiger partial charge on any atom is -0.453 e. The smallest absolute Gasteiger partial charge is 0.307 e. The Bertz CT molecular complexity index is 744. The summed E-state index contributed by atoms with van der Waals surface area (Å²) in [7, 11) is 0. The van der Waals surface area contributed by atoms with E-state index in [1.807, 2.05) is 30.3 Å². The molecule has 132 valence electrons. The lowest BCUT2D eigenvalue weighted by Gasteiger charge is -2.13. The van der Waals surface area contributed by atoms with Crippen LogP contribution in [0.1, 0.15) is 13.3 Å². The highest BCUT2D eigenvalue weighted by molar-refractivity contribution is 7.99. The summed E-state index contributed by atoms with van der Waals surface area (Å²) in [6.07, 6.45) is 0.611. The second-order valence-corrected chi connectivity index (χ2v) is 7.03. The molecule has 0 aliphatic rings. The Morgan fingerprint density at radius 3 is 2.68 bits per heavy atom. The van der Waals surface area contributed by atoms with Gasteiger partial charge >= 0.3 is 5.97 Å². The molecule has 0 spiro atoms. The van der Waals surface area contributed by atoms with Crippen molar-refractivity contribution >= 4 is 52.7 Å². The van der Waals surface area contributed by atoms with Crippen LogP contribution in [0, 0.1) is 0 Å². The Morgan fingerprint density at radius 1 is 1.28 bits per heavy atom. The third-order valence-corrected chi connectivity index (χ3v) is 4.55. The van der Waals surface area contributed by atoms with Gasteiger partial charge in [-0.15, -0.1) is 11.8 Å². The summed E-state index contributed by atoms with van der Waals surface area (Å²) in [5.41, 5.74) is 0. The SMILES string of the molecule is C[C@H](OC(=O)CCSc1ccccc1)C(=O)Nc1ncc(Cl)cc1Cl. The molecule has 2 aromatic rings. The van der Waals surface area contributed by atoms with Crippen molar-refractivity contribution in [2.75, 3.05) is 11.1 Å². The average Bonchev–Trinajstić information content (AvgIpc) is 2.58. The maximum Gasteiger partial charge on any atom is 0.307 e. The van der Waals surface area contributed by atoms with E-state index in [-0.39, 0.29) is 17.3 Å². The summed E-state index contributed by atoms with van der Waals surface area (Å²) < 4.78 is 5.12. The van der Waals surface area contributed by atoms with E-state index in [1.54, 1.807) is 11.8 Å². The largest absolute Gasteiger partial charge is 0.453 e. The number of carbonyl (C=O) groups excluding carboxylic acids is 2. The number of anilines is 1. The monoisotopic (exact) mass is 398 g/mol. The maximum atomic E-state index is 12.1. The number of rotatable bonds is 7. The first kappa shape index (κ1) is 19.6. The molecule has 1 aromatic carbocycles. The van der Waals surface area contributed by atoms with Crippen molar-refractivity contribution in [2.24, 2.45) is 0 Å². The van der Waals surface area contributed by atoms with Crippen LogP contribution in [0.25, 0.3) is 0 Å². The molecule has 0 aliphatic carbocycles. The summed E-state index contributed by atoms with van der Waals surface area (Å²) in [4.78, 5) is 28.9. The minimum atomic E-state index is -0.956. The highest BCUT2D eigenvalue weighted by Gasteiger charge is 2.19. The van der Waals surface area contributed by atoms with Crippen LogP contribution >= 0.6 is 35.0 Å². The van der Waals surface area contributed by atoms with Gasteiger partial charge in [0.05, 0.1) is 16.5 Å². The molecule has 1 amide bonds. The summed E-state index contributed by atoms with van der Waals surface area (Å²) in [5.74, 6) is -0.220. The van der Waals surface area contributed by atoms with Crippen LogP contribution in [0.4, 0.5) is 5.82 Å². The number of thioether (sulfide) groups is 1. The first-order valence-corrected chi connectivity index (χ1v) is 9.19. The first-order chi connectivity index (χ1) is 12.0. The van der Waals surface area contributed by atoms with Gasteiger partial charge in [-0.3, -0.25) is 9.59 Å². The highest BCUT2D eigenvalue weighted by atomic mass is 35.5. The summed E-state index contributed by atoms with van der Waals surface area (Å²) in [6, 6.07) is 11.2. The molecule has 0 bridgehead atoms. The van der Waals surface area contributed by atoms with E-state index in [0.29, 0.717) is 10.8 Å². The number of nitrogens with one attached hydrogen (secondary N) is 1. The van der Waals surface area contributed by atoms with Gasteiger partial charge in [-0.1, -0.05) is 41.4 Å². The summed E-state index contributed by atoms with van der Waals surface area (Å²) >= 11 is 13.2. The predicted molar refractivity (Wildman–Crippen MR) is 100 cm³/mol. The lowest BCUT2D eigenvalue weighted by molar-refractivity contribution is -0.152. The molecule has 8 heteroatoms. The number of ether oxygens (including phenoxy) is 1.